The number of nitrogens with one attached hydrogen (secondary N) is 4. The van der Waals surface area contributed by atoms with Crippen molar-refractivity contribution in [2.45, 2.75) is 84.3 Å². The van der Waals surface area contributed by atoms with Gasteiger partial charge in [0, 0.05) is 38.5 Å². The Morgan fingerprint density at radius 2 is 1.81 bits per heavy atom. The van der Waals surface area contributed by atoms with Gasteiger partial charge in [0.2, 0.25) is 17.8 Å². The fraction of sp³-hybridized carbons (Fsp3) is 0.640. The summed E-state index contributed by atoms with van der Waals surface area (Å²) in [6, 6.07) is -0.710. The standard InChI is InChI=1S/C25H42N6O5S/c1-8-27-12-13-28-23(33)20(30-18(5)32)10-9-11-29-24(26)31-37(34,35)22-16(3)15(2)21-19(17(22)4)14-25(6,7)36-21/h20,27H,8-14H2,1-7H3,(H,28,33)(H,30,32)(H3,26,29,31). The number of benzene rings is 1. The molecule has 0 saturated heterocycles. The Balaban J connectivity index is 2.05. The van der Waals surface area contributed by atoms with Crippen molar-refractivity contribution in [3.8, 4) is 5.75 Å². The summed E-state index contributed by atoms with van der Waals surface area (Å²) >= 11 is 0. The highest BCUT2D eigenvalue weighted by Crippen LogP contribution is 2.43. The molecule has 208 valence electrons. The van der Waals surface area contributed by atoms with Gasteiger partial charge in [0.25, 0.3) is 10.0 Å². The van der Waals surface area contributed by atoms with Gasteiger partial charge in [0.15, 0.2) is 0 Å². The normalized spacial score (nSPS) is 15.5. The van der Waals surface area contributed by atoms with E-state index in [9.17, 15) is 18.0 Å². The van der Waals surface area contributed by atoms with E-state index in [4.69, 9.17) is 10.5 Å². The van der Waals surface area contributed by atoms with Crippen molar-refractivity contribution in [2.75, 3.05) is 26.2 Å². The Kier molecular flexibility index (Phi) is 10.3. The first-order valence-corrected chi connectivity index (χ1v) is 14.1. The van der Waals surface area contributed by atoms with E-state index in [0.717, 1.165) is 23.4 Å². The molecule has 0 aliphatic carbocycles. The Hall–Kier alpha value is -2.86. The molecule has 0 aromatic heterocycles. The minimum Gasteiger partial charge on any atom is -0.487 e. The lowest BCUT2D eigenvalue weighted by Gasteiger charge is -2.19. The van der Waals surface area contributed by atoms with E-state index in [2.05, 4.69) is 25.7 Å². The first kappa shape index (κ1) is 30.4. The molecule has 1 aromatic rings. The second kappa shape index (κ2) is 12.6. The summed E-state index contributed by atoms with van der Waals surface area (Å²) in [7, 11) is -3.99. The van der Waals surface area contributed by atoms with Crippen LogP contribution >= 0.6 is 0 Å². The van der Waals surface area contributed by atoms with Crippen molar-refractivity contribution >= 4 is 27.8 Å². The molecule has 1 aliphatic rings. The minimum absolute atomic E-state index is 0.179. The third-order valence-electron chi connectivity index (χ3n) is 6.28. The number of carbonyl (C=O) groups excluding carboxylic acids is 2. The van der Waals surface area contributed by atoms with Gasteiger partial charge in [-0.3, -0.25) is 14.6 Å². The number of nitrogens with two attached hydrogens (primary N) is 1. The van der Waals surface area contributed by atoms with Crippen LogP contribution < -0.4 is 31.1 Å². The molecular formula is C25H42N6O5S. The summed E-state index contributed by atoms with van der Waals surface area (Å²) in [6.45, 7) is 14.7. The zero-order chi connectivity index (χ0) is 28.0. The number of aliphatic imine (C=N–C) groups is 1. The monoisotopic (exact) mass is 538 g/mol. The van der Waals surface area contributed by atoms with Crippen LogP contribution in [0.5, 0.6) is 5.75 Å². The Morgan fingerprint density at radius 3 is 2.43 bits per heavy atom. The zero-order valence-corrected chi connectivity index (χ0v) is 23.8. The van der Waals surface area contributed by atoms with Gasteiger partial charge in [-0.1, -0.05) is 6.92 Å². The van der Waals surface area contributed by atoms with Gasteiger partial charge < -0.3 is 26.4 Å². The van der Waals surface area contributed by atoms with Gasteiger partial charge in [-0.05, 0) is 70.7 Å². The number of fused-ring (bicyclic) bond motifs is 1. The molecule has 2 rings (SSSR count). The highest BCUT2D eigenvalue weighted by molar-refractivity contribution is 7.90. The van der Waals surface area contributed by atoms with Gasteiger partial charge in [-0.25, -0.2) is 13.1 Å². The lowest BCUT2D eigenvalue weighted by Crippen LogP contribution is -2.47. The lowest BCUT2D eigenvalue weighted by atomic mass is 9.94. The van der Waals surface area contributed by atoms with Crippen molar-refractivity contribution in [1.82, 2.24) is 20.7 Å². The zero-order valence-electron chi connectivity index (χ0n) is 23.0. The molecule has 2 amide bonds. The fourth-order valence-corrected chi connectivity index (χ4v) is 5.98. The van der Waals surface area contributed by atoms with Gasteiger partial charge in [0.05, 0.1) is 4.90 Å². The Morgan fingerprint density at radius 1 is 1.14 bits per heavy atom. The summed E-state index contributed by atoms with van der Waals surface area (Å²) in [5.41, 5.74) is 8.44. The molecular weight excluding hydrogens is 496 g/mol. The van der Waals surface area contributed by atoms with Crippen LogP contribution in [0.1, 0.15) is 62.8 Å². The summed E-state index contributed by atoms with van der Waals surface area (Å²) < 4.78 is 35.0. The van der Waals surface area contributed by atoms with Gasteiger partial charge in [0.1, 0.15) is 17.4 Å². The van der Waals surface area contributed by atoms with Gasteiger partial charge in [-0.15, -0.1) is 0 Å². The topological polar surface area (TPSA) is 164 Å². The van der Waals surface area contributed by atoms with Crippen LogP contribution in [0.2, 0.25) is 0 Å². The second-order valence-corrected chi connectivity index (χ2v) is 11.6. The summed E-state index contributed by atoms with van der Waals surface area (Å²) in [6.07, 6.45) is 1.35. The largest absolute Gasteiger partial charge is 0.487 e. The number of carbonyl (C=O) groups is 2. The van der Waals surface area contributed by atoms with E-state index in [-0.39, 0.29) is 29.2 Å². The number of hydrogen-bond donors (Lipinski definition) is 5. The second-order valence-electron chi connectivity index (χ2n) is 9.96. The van der Waals surface area contributed by atoms with E-state index in [1.165, 1.54) is 6.92 Å². The lowest BCUT2D eigenvalue weighted by molar-refractivity contribution is -0.128. The smallest absolute Gasteiger partial charge is 0.264 e. The van der Waals surface area contributed by atoms with Crippen molar-refractivity contribution in [2.24, 2.45) is 10.7 Å². The third kappa shape index (κ3) is 8.06. The fourth-order valence-electron chi connectivity index (χ4n) is 4.45. The average molecular weight is 539 g/mol. The van der Waals surface area contributed by atoms with Crippen LogP contribution in [0.4, 0.5) is 0 Å². The first-order valence-electron chi connectivity index (χ1n) is 12.6. The van der Waals surface area contributed by atoms with E-state index < -0.39 is 21.7 Å². The summed E-state index contributed by atoms with van der Waals surface area (Å²) in [5, 5.41) is 8.53. The highest BCUT2D eigenvalue weighted by atomic mass is 32.2. The van der Waals surface area contributed by atoms with Crippen molar-refractivity contribution < 1.29 is 22.7 Å². The number of nitrogens with zero attached hydrogens (tertiary/aromatic N) is 1. The molecule has 0 saturated carbocycles. The van der Waals surface area contributed by atoms with E-state index >= 15 is 0 Å². The number of likely N-dealkylation sites (N-methyl/N-ethyl adjacent to an activating group) is 1. The Labute approximate surface area is 220 Å². The molecule has 0 radical (unpaired) electrons. The van der Waals surface area contributed by atoms with E-state index in [0.29, 0.717) is 43.5 Å². The number of guanidine groups is 1. The maximum absolute atomic E-state index is 13.3. The number of rotatable bonds is 12. The molecule has 1 aromatic carbocycles. The molecule has 0 spiro atoms. The maximum atomic E-state index is 13.3. The molecule has 1 heterocycles. The summed E-state index contributed by atoms with van der Waals surface area (Å²) in [5.74, 6) is -0.0812. The van der Waals surface area contributed by atoms with Crippen molar-refractivity contribution in [3.05, 3.63) is 22.3 Å². The van der Waals surface area contributed by atoms with Crippen LogP contribution in [0.15, 0.2) is 9.89 Å². The molecule has 0 fully saturated rings. The number of ether oxygens (including phenoxy) is 1. The molecule has 1 atom stereocenters. The first-order chi connectivity index (χ1) is 17.2. The molecule has 37 heavy (non-hydrogen) atoms. The van der Waals surface area contributed by atoms with Crippen LogP contribution in [-0.4, -0.2) is 64.0 Å². The van der Waals surface area contributed by atoms with Crippen LogP contribution in [0.3, 0.4) is 0 Å². The minimum atomic E-state index is -3.99. The molecule has 11 nitrogen and oxygen atoms in total. The quantitative estimate of drug-likeness (QED) is 0.150. The number of sulfonamides is 1. The predicted octanol–water partition coefficient (Wildman–Crippen LogP) is 0.929. The van der Waals surface area contributed by atoms with Crippen LogP contribution in [-0.2, 0) is 26.0 Å². The van der Waals surface area contributed by atoms with Crippen LogP contribution in [0.25, 0.3) is 0 Å². The molecule has 1 unspecified atom stereocenters. The number of hydrogen-bond acceptors (Lipinski definition) is 7. The third-order valence-corrected chi connectivity index (χ3v) is 7.91. The molecule has 12 heteroatoms. The SMILES string of the molecule is CCNCCNC(=O)C(CCCN=C(N)NS(=O)(=O)c1c(C)c(C)c2c(c1C)CC(C)(C)O2)NC(C)=O. The van der Waals surface area contributed by atoms with E-state index in [1.807, 2.05) is 27.7 Å². The maximum Gasteiger partial charge on any atom is 0.264 e. The van der Waals surface area contributed by atoms with Gasteiger partial charge in [-0.2, -0.15) is 0 Å². The average Bonchev–Trinajstić information content (AvgIpc) is 3.12. The van der Waals surface area contributed by atoms with Gasteiger partial charge >= 0.3 is 0 Å². The molecule has 6 N–H and O–H groups in total. The summed E-state index contributed by atoms with van der Waals surface area (Å²) in [4.78, 5) is 28.2. The van der Waals surface area contributed by atoms with E-state index in [1.54, 1.807) is 13.8 Å². The Bertz CT molecular complexity index is 1150. The highest BCUT2D eigenvalue weighted by Gasteiger charge is 2.36. The van der Waals surface area contributed by atoms with Crippen LogP contribution in [0, 0.1) is 20.8 Å². The predicted molar refractivity (Wildman–Crippen MR) is 144 cm³/mol. The molecule has 0 bridgehead atoms. The van der Waals surface area contributed by atoms with Crippen molar-refractivity contribution in [1.29, 1.82) is 0 Å². The number of amides is 2. The van der Waals surface area contributed by atoms with Crippen molar-refractivity contribution in [3.63, 3.8) is 0 Å². The molecule has 1 aliphatic heterocycles.